The van der Waals surface area contributed by atoms with Crippen molar-refractivity contribution in [3.63, 3.8) is 0 Å². The van der Waals surface area contributed by atoms with Crippen LogP contribution in [0.3, 0.4) is 0 Å². The van der Waals surface area contributed by atoms with E-state index in [1.807, 2.05) is 6.92 Å². The summed E-state index contributed by atoms with van der Waals surface area (Å²) >= 11 is 0. The molecular weight excluding hydrogens is 497 g/mol. The predicted octanol–water partition coefficient (Wildman–Crippen LogP) is 2.04. The van der Waals surface area contributed by atoms with Crippen molar-refractivity contribution in [2.45, 2.75) is 50.5 Å². The standard InChI is InChI=1S/C24H32FN9O4/c1-3-37-21-12-28-20(11-29-21)31-23(35)33(2)17-13-34(7-5-16(17)25)22-26-6-4-19(30-22)32-24(36)38-18-9-15-8-14(18)10-27-15/h4,6,11-12,14-18,27H,3,5,7-10,13H2,1-2H3,(H,28,31,35)(H,26,30,32,36)/t14-,15-,16+,17-,18+/m0/s1. The van der Waals surface area contributed by atoms with Crippen molar-refractivity contribution in [1.82, 2.24) is 30.2 Å². The number of alkyl halides is 1. The third-order valence-corrected chi connectivity index (χ3v) is 7.19. The summed E-state index contributed by atoms with van der Waals surface area (Å²) in [5, 5.41) is 8.70. The van der Waals surface area contributed by atoms with Crippen LogP contribution in [0.5, 0.6) is 5.88 Å². The predicted molar refractivity (Wildman–Crippen MR) is 136 cm³/mol. The first kappa shape index (κ1) is 25.8. The van der Waals surface area contributed by atoms with Gasteiger partial charge in [-0.2, -0.15) is 4.98 Å². The van der Waals surface area contributed by atoms with Crippen LogP contribution in [-0.4, -0.2) is 94.6 Å². The summed E-state index contributed by atoms with van der Waals surface area (Å²) in [7, 11) is 1.53. The highest BCUT2D eigenvalue weighted by atomic mass is 19.1. The molecule has 4 heterocycles. The van der Waals surface area contributed by atoms with E-state index in [9.17, 15) is 14.0 Å². The van der Waals surface area contributed by atoms with Crippen LogP contribution in [0, 0.1) is 5.92 Å². The molecule has 3 N–H and O–H groups in total. The van der Waals surface area contributed by atoms with E-state index in [-0.39, 0.29) is 24.9 Å². The second-order valence-electron chi connectivity index (χ2n) is 9.68. The van der Waals surface area contributed by atoms with Crippen molar-refractivity contribution >= 4 is 29.7 Å². The number of ether oxygens (including phenoxy) is 2. The molecular formula is C24H32FN9O4. The zero-order valence-corrected chi connectivity index (χ0v) is 21.3. The number of nitrogens with zero attached hydrogens (tertiary/aromatic N) is 6. The monoisotopic (exact) mass is 529 g/mol. The first-order valence-electron chi connectivity index (χ1n) is 12.8. The SMILES string of the molecule is CCOc1cnc(NC(=O)N(C)[C@H]2CN(c3nccc(NC(=O)O[C@@H]4C[C@@H]5C[C@H]4CN5)n3)CC[C@H]2F)cn1. The molecule has 2 aliphatic heterocycles. The van der Waals surface area contributed by atoms with Crippen LogP contribution in [0.2, 0.25) is 0 Å². The number of nitrogens with one attached hydrogen (secondary N) is 3. The third kappa shape index (κ3) is 5.85. The fraction of sp³-hybridized carbons (Fsp3) is 0.583. The van der Waals surface area contributed by atoms with Crippen molar-refractivity contribution in [3.8, 4) is 5.88 Å². The van der Waals surface area contributed by atoms with Gasteiger partial charge in [0.2, 0.25) is 11.8 Å². The summed E-state index contributed by atoms with van der Waals surface area (Å²) in [4.78, 5) is 45.3. The summed E-state index contributed by atoms with van der Waals surface area (Å²) in [6.07, 6.45) is 4.46. The molecule has 38 heavy (non-hydrogen) atoms. The summed E-state index contributed by atoms with van der Waals surface area (Å²) in [6.45, 7) is 3.68. The van der Waals surface area contributed by atoms with Crippen LogP contribution in [0.25, 0.3) is 0 Å². The molecule has 2 aromatic rings. The van der Waals surface area contributed by atoms with Crippen LogP contribution in [-0.2, 0) is 4.74 Å². The molecule has 5 atom stereocenters. The van der Waals surface area contributed by atoms with Gasteiger partial charge in [0, 0.05) is 51.3 Å². The number of halogens is 1. The Labute approximate surface area is 219 Å². The fourth-order valence-electron chi connectivity index (χ4n) is 5.17. The van der Waals surface area contributed by atoms with E-state index in [0.29, 0.717) is 42.8 Å². The van der Waals surface area contributed by atoms with E-state index in [1.54, 1.807) is 11.0 Å². The lowest BCUT2D eigenvalue weighted by Crippen LogP contribution is -2.55. The largest absolute Gasteiger partial charge is 0.477 e. The molecule has 0 spiro atoms. The molecule has 3 fully saturated rings. The number of rotatable bonds is 7. The Hall–Kier alpha value is -3.81. The van der Waals surface area contributed by atoms with E-state index in [0.717, 1.165) is 19.4 Å². The van der Waals surface area contributed by atoms with Gasteiger partial charge >= 0.3 is 12.1 Å². The Balaban J connectivity index is 1.18. The van der Waals surface area contributed by atoms with Gasteiger partial charge in [-0.1, -0.05) is 0 Å². The van der Waals surface area contributed by atoms with Gasteiger partial charge in [-0.05, 0) is 25.8 Å². The van der Waals surface area contributed by atoms with Gasteiger partial charge in [0.25, 0.3) is 0 Å². The zero-order chi connectivity index (χ0) is 26.6. The maximum atomic E-state index is 14.9. The minimum atomic E-state index is -1.24. The minimum absolute atomic E-state index is 0.0952. The highest BCUT2D eigenvalue weighted by Gasteiger charge is 2.41. The number of carbonyl (C=O) groups excluding carboxylic acids is 2. The van der Waals surface area contributed by atoms with E-state index in [2.05, 4.69) is 35.9 Å². The quantitative estimate of drug-likeness (QED) is 0.487. The first-order chi connectivity index (χ1) is 18.4. The number of piperidine rings is 2. The number of hydrogen-bond acceptors (Lipinski definition) is 10. The van der Waals surface area contributed by atoms with Gasteiger partial charge in [0.05, 0.1) is 25.0 Å². The maximum absolute atomic E-state index is 14.9. The Morgan fingerprint density at radius 2 is 2.08 bits per heavy atom. The maximum Gasteiger partial charge on any atom is 0.413 e. The Morgan fingerprint density at radius 3 is 2.79 bits per heavy atom. The molecule has 1 saturated carbocycles. The lowest BCUT2D eigenvalue weighted by Gasteiger charge is -2.39. The summed E-state index contributed by atoms with van der Waals surface area (Å²) < 4.78 is 25.8. The molecule has 0 unspecified atom stereocenters. The lowest BCUT2D eigenvalue weighted by atomic mass is 10.0. The second-order valence-corrected chi connectivity index (χ2v) is 9.68. The number of carbonyl (C=O) groups is 2. The van der Waals surface area contributed by atoms with Crippen molar-refractivity contribution in [2.75, 3.05) is 48.8 Å². The number of amides is 3. The molecule has 2 saturated heterocycles. The molecule has 2 bridgehead atoms. The van der Waals surface area contributed by atoms with Gasteiger partial charge in [0.1, 0.15) is 18.1 Å². The van der Waals surface area contributed by atoms with Gasteiger partial charge in [-0.25, -0.2) is 28.9 Å². The Kier molecular flexibility index (Phi) is 7.67. The van der Waals surface area contributed by atoms with E-state index in [4.69, 9.17) is 9.47 Å². The normalized spacial score (nSPS) is 26.1. The third-order valence-electron chi connectivity index (χ3n) is 7.19. The molecule has 13 nitrogen and oxygen atoms in total. The number of anilines is 3. The molecule has 3 amide bonds. The van der Waals surface area contributed by atoms with Crippen LogP contribution in [0.15, 0.2) is 24.7 Å². The van der Waals surface area contributed by atoms with Gasteiger partial charge in [0.15, 0.2) is 5.82 Å². The minimum Gasteiger partial charge on any atom is -0.477 e. The number of fused-ring (bicyclic) bond motifs is 2. The molecule has 0 radical (unpaired) electrons. The van der Waals surface area contributed by atoms with E-state index >= 15 is 0 Å². The molecule has 2 aromatic heterocycles. The highest BCUT2D eigenvalue weighted by molar-refractivity contribution is 5.88. The average molecular weight is 530 g/mol. The molecule has 14 heteroatoms. The smallest absolute Gasteiger partial charge is 0.413 e. The molecule has 5 rings (SSSR count). The van der Waals surface area contributed by atoms with Crippen molar-refractivity contribution < 1.29 is 23.5 Å². The van der Waals surface area contributed by atoms with Gasteiger partial charge < -0.3 is 24.6 Å². The summed E-state index contributed by atoms with van der Waals surface area (Å²) in [6, 6.07) is 0.719. The molecule has 3 aliphatic rings. The number of urea groups is 1. The Morgan fingerprint density at radius 1 is 1.21 bits per heavy atom. The van der Waals surface area contributed by atoms with E-state index < -0.39 is 24.3 Å². The summed E-state index contributed by atoms with van der Waals surface area (Å²) in [5.41, 5.74) is 0. The van der Waals surface area contributed by atoms with E-state index in [1.165, 1.54) is 30.5 Å². The topological polar surface area (TPSA) is 147 Å². The number of hydrogen-bond donors (Lipinski definition) is 3. The zero-order valence-electron chi connectivity index (χ0n) is 21.3. The fourth-order valence-corrected chi connectivity index (χ4v) is 5.17. The van der Waals surface area contributed by atoms with Crippen LogP contribution in [0.4, 0.5) is 31.6 Å². The average Bonchev–Trinajstić information content (AvgIpc) is 3.53. The van der Waals surface area contributed by atoms with Crippen LogP contribution < -0.4 is 25.6 Å². The highest BCUT2D eigenvalue weighted by Crippen LogP contribution is 2.33. The first-order valence-corrected chi connectivity index (χ1v) is 12.8. The Bertz CT molecular complexity index is 1140. The molecule has 0 aromatic carbocycles. The molecule has 204 valence electrons. The molecule has 1 aliphatic carbocycles. The number of likely N-dealkylation sites (N-methyl/N-ethyl adjacent to an activating group) is 1. The van der Waals surface area contributed by atoms with Crippen molar-refractivity contribution in [3.05, 3.63) is 24.7 Å². The van der Waals surface area contributed by atoms with Crippen LogP contribution in [0.1, 0.15) is 26.2 Å². The lowest BCUT2D eigenvalue weighted by molar-refractivity contribution is 0.0800. The number of aromatic nitrogens is 4. The van der Waals surface area contributed by atoms with Gasteiger partial charge in [-0.15, -0.1) is 0 Å². The van der Waals surface area contributed by atoms with Gasteiger partial charge in [-0.3, -0.25) is 10.6 Å². The second kappa shape index (κ2) is 11.3. The van der Waals surface area contributed by atoms with Crippen LogP contribution >= 0.6 is 0 Å². The van der Waals surface area contributed by atoms with Crippen molar-refractivity contribution in [1.29, 1.82) is 0 Å². The summed E-state index contributed by atoms with van der Waals surface area (Å²) in [5.74, 6) is 1.54. The van der Waals surface area contributed by atoms with Crippen molar-refractivity contribution in [2.24, 2.45) is 5.92 Å².